The van der Waals surface area contributed by atoms with Gasteiger partial charge in [0.25, 0.3) is 11.4 Å². The molecule has 0 N–H and O–H groups in total. The first-order chi connectivity index (χ1) is 8.40. The number of pyridine rings is 1. The molecule has 1 aromatic heterocycles. The van der Waals surface area contributed by atoms with Gasteiger partial charge in [-0.1, -0.05) is 13.8 Å². The average Bonchev–Trinajstić information content (AvgIpc) is 2.53. The minimum Gasteiger partial charge on any atom is -0.621 e. The van der Waals surface area contributed by atoms with Crippen LogP contribution in [0.15, 0.2) is 24.5 Å². The number of hydrogen-bond acceptors (Lipinski definition) is 3. The topological polar surface area (TPSA) is 59.3 Å². The van der Waals surface area contributed by atoms with Crippen LogP contribution in [0.4, 0.5) is 0 Å². The van der Waals surface area contributed by atoms with Crippen LogP contribution in [-0.2, 0) is 4.79 Å². The molecule has 18 heavy (non-hydrogen) atoms. The molecular formula is C13H17N3O2. The van der Waals surface area contributed by atoms with Gasteiger partial charge in [0.05, 0.1) is 5.56 Å². The Morgan fingerprint density at radius 3 is 2.39 bits per heavy atom. The quantitative estimate of drug-likeness (QED) is 0.583. The third-order valence-electron chi connectivity index (χ3n) is 3.85. The fraction of sp³-hybridized carbons (Fsp3) is 0.462. The summed E-state index contributed by atoms with van der Waals surface area (Å²) in [6, 6.07) is 3.36. The van der Waals surface area contributed by atoms with E-state index in [1.165, 1.54) is 4.90 Å². The molecule has 0 aliphatic carbocycles. The number of hydroxylamine groups is 1. The average molecular weight is 247 g/mol. The third-order valence-corrected chi connectivity index (χ3v) is 3.85. The molecule has 2 rings (SSSR count). The van der Waals surface area contributed by atoms with Gasteiger partial charge in [0.15, 0.2) is 0 Å². The minimum atomic E-state index is -0.838. The van der Waals surface area contributed by atoms with Gasteiger partial charge >= 0.3 is 5.91 Å². The van der Waals surface area contributed by atoms with E-state index >= 15 is 0 Å². The van der Waals surface area contributed by atoms with Crippen LogP contribution >= 0.6 is 0 Å². The van der Waals surface area contributed by atoms with Gasteiger partial charge in [-0.15, -0.1) is 0 Å². The van der Waals surface area contributed by atoms with Gasteiger partial charge in [0.1, 0.15) is 0 Å². The fourth-order valence-corrected chi connectivity index (χ4v) is 2.19. The Morgan fingerprint density at radius 1 is 1.39 bits per heavy atom. The second-order valence-electron chi connectivity index (χ2n) is 4.99. The first kappa shape index (κ1) is 12.5. The maximum Gasteiger partial charge on any atom is 0.325 e. The van der Waals surface area contributed by atoms with Crippen LogP contribution in [0, 0.1) is 11.1 Å². The summed E-state index contributed by atoms with van der Waals surface area (Å²) < 4.78 is 0.829. The van der Waals surface area contributed by atoms with E-state index in [9.17, 15) is 10.0 Å². The number of aromatic nitrogens is 1. The second-order valence-corrected chi connectivity index (χ2v) is 4.99. The zero-order valence-corrected chi connectivity index (χ0v) is 11.0. The lowest BCUT2D eigenvalue weighted by atomic mass is 9.98. The van der Waals surface area contributed by atoms with Crippen molar-refractivity contribution in [3.05, 3.63) is 35.3 Å². The highest BCUT2D eigenvalue weighted by atomic mass is 16.5. The molecule has 0 bridgehead atoms. The Morgan fingerprint density at radius 2 is 1.94 bits per heavy atom. The lowest BCUT2D eigenvalue weighted by Crippen LogP contribution is -2.51. The van der Waals surface area contributed by atoms with Crippen molar-refractivity contribution in [2.24, 2.45) is 5.92 Å². The molecule has 1 aliphatic rings. The molecule has 1 aromatic rings. The molecule has 0 radical (unpaired) electrons. The van der Waals surface area contributed by atoms with E-state index in [2.05, 4.69) is 4.98 Å². The van der Waals surface area contributed by atoms with Crippen LogP contribution in [0.1, 0.15) is 26.3 Å². The van der Waals surface area contributed by atoms with E-state index in [1.54, 1.807) is 38.5 Å². The van der Waals surface area contributed by atoms with Gasteiger partial charge in [0, 0.05) is 32.3 Å². The summed E-state index contributed by atoms with van der Waals surface area (Å²) in [4.78, 5) is 17.7. The standard InChI is InChI=1S/C13H17N3O2/c1-9(2)13(3)15(4)12(17)11(16(13)18)10-5-7-14-8-6-10/h5-9H,1-4H3. The van der Waals surface area contributed by atoms with Gasteiger partial charge in [-0.05, 0) is 12.1 Å². The summed E-state index contributed by atoms with van der Waals surface area (Å²) in [6.07, 6.45) is 3.16. The highest BCUT2D eigenvalue weighted by Gasteiger charge is 2.54. The summed E-state index contributed by atoms with van der Waals surface area (Å²) in [6.45, 7) is 5.66. The largest absolute Gasteiger partial charge is 0.621 e. The molecule has 0 spiro atoms. The summed E-state index contributed by atoms with van der Waals surface area (Å²) in [7, 11) is 1.67. The number of amides is 1. The Bertz CT molecular complexity index is 510. The normalized spacial score (nSPS) is 24.3. The van der Waals surface area contributed by atoms with E-state index in [-0.39, 0.29) is 17.5 Å². The first-order valence-electron chi connectivity index (χ1n) is 5.93. The van der Waals surface area contributed by atoms with Crippen LogP contribution in [-0.4, -0.2) is 39.0 Å². The number of likely N-dealkylation sites (N-methyl/N-ethyl adjacent to an activating group) is 1. The Labute approximate surface area is 106 Å². The molecule has 96 valence electrons. The first-order valence-corrected chi connectivity index (χ1v) is 5.93. The van der Waals surface area contributed by atoms with Crippen molar-refractivity contribution in [2.45, 2.75) is 26.4 Å². The Kier molecular flexibility index (Phi) is 2.84. The van der Waals surface area contributed by atoms with E-state index in [1.807, 2.05) is 13.8 Å². The van der Waals surface area contributed by atoms with Crippen LogP contribution in [0.5, 0.6) is 0 Å². The molecule has 5 heteroatoms. The minimum absolute atomic E-state index is 0.0308. The number of carbonyl (C=O) groups is 1. The molecule has 0 saturated heterocycles. The predicted molar refractivity (Wildman–Crippen MR) is 68.0 cm³/mol. The molecule has 0 aromatic carbocycles. The second kappa shape index (κ2) is 4.08. The lowest BCUT2D eigenvalue weighted by molar-refractivity contribution is -0.570. The SMILES string of the molecule is CC(C)C1(C)N(C)C(=O)C(c2ccncc2)=[N+]1[O-]. The number of rotatable bonds is 2. The highest BCUT2D eigenvalue weighted by Crippen LogP contribution is 2.30. The molecular weight excluding hydrogens is 230 g/mol. The van der Waals surface area contributed by atoms with Gasteiger partial charge in [-0.3, -0.25) is 14.7 Å². The third kappa shape index (κ3) is 1.50. The number of nitrogens with zero attached hydrogens (tertiary/aromatic N) is 3. The maximum absolute atomic E-state index is 12.5. The highest BCUT2D eigenvalue weighted by molar-refractivity contribution is 6.44. The zero-order valence-electron chi connectivity index (χ0n) is 11.0. The number of hydrogen-bond donors (Lipinski definition) is 0. The van der Waals surface area contributed by atoms with E-state index in [0.29, 0.717) is 5.56 Å². The van der Waals surface area contributed by atoms with Crippen molar-refractivity contribution in [1.82, 2.24) is 9.88 Å². The summed E-state index contributed by atoms with van der Waals surface area (Å²) >= 11 is 0. The van der Waals surface area contributed by atoms with Gasteiger partial charge in [-0.25, -0.2) is 0 Å². The molecule has 5 nitrogen and oxygen atoms in total. The molecule has 0 saturated carbocycles. The molecule has 2 heterocycles. The summed E-state index contributed by atoms with van der Waals surface area (Å²) in [5, 5.41) is 12.5. The smallest absolute Gasteiger partial charge is 0.325 e. The van der Waals surface area contributed by atoms with Crippen molar-refractivity contribution < 1.29 is 9.53 Å². The van der Waals surface area contributed by atoms with Crippen molar-refractivity contribution >= 4 is 11.6 Å². The Hall–Kier alpha value is -1.91. The van der Waals surface area contributed by atoms with Gasteiger partial charge in [0.2, 0.25) is 0 Å². The van der Waals surface area contributed by atoms with Crippen LogP contribution < -0.4 is 0 Å². The summed E-state index contributed by atoms with van der Waals surface area (Å²) in [5.41, 5.74) is -0.0345. The Balaban J connectivity index is 2.60. The zero-order chi connectivity index (χ0) is 13.5. The van der Waals surface area contributed by atoms with Crippen molar-refractivity contribution in [2.75, 3.05) is 7.05 Å². The van der Waals surface area contributed by atoms with Gasteiger partial charge < -0.3 is 5.21 Å². The van der Waals surface area contributed by atoms with Crippen molar-refractivity contribution in [3.8, 4) is 0 Å². The monoisotopic (exact) mass is 247 g/mol. The van der Waals surface area contributed by atoms with Crippen LogP contribution in [0.2, 0.25) is 0 Å². The van der Waals surface area contributed by atoms with Crippen molar-refractivity contribution in [3.63, 3.8) is 0 Å². The molecule has 0 fully saturated rings. The van der Waals surface area contributed by atoms with E-state index in [0.717, 1.165) is 4.74 Å². The fourth-order valence-electron chi connectivity index (χ4n) is 2.19. The van der Waals surface area contributed by atoms with E-state index < -0.39 is 5.66 Å². The lowest BCUT2D eigenvalue weighted by Gasteiger charge is -2.32. The predicted octanol–water partition coefficient (Wildman–Crippen LogP) is 1.23. The molecule has 1 unspecified atom stereocenters. The maximum atomic E-state index is 12.5. The summed E-state index contributed by atoms with van der Waals surface area (Å²) in [5.74, 6) is -0.212. The van der Waals surface area contributed by atoms with Crippen LogP contribution in [0.3, 0.4) is 0 Å². The molecule has 1 amide bonds. The van der Waals surface area contributed by atoms with Gasteiger partial charge in [-0.2, -0.15) is 4.74 Å². The van der Waals surface area contributed by atoms with E-state index in [4.69, 9.17) is 0 Å². The van der Waals surface area contributed by atoms with Crippen LogP contribution in [0.25, 0.3) is 0 Å². The van der Waals surface area contributed by atoms with Crippen molar-refractivity contribution in [1.29, 1.82) is 0 Å². The molecule has 1 aliphatic heterocycles. The molecule has 1 atom stereocenters. The number of carbonyl (C=O) groups excluding carboxylic acids is 1.